The molecule has 1 saturated heterocycles. The summed E-state index contributed by atoms with van der Waals surface area (Å²) >= 11 is 0. The molecule has 0 aliphatic carbocycles. The molecule has 0 aromatic carbocycles. The van der Waals surface area contributed by atoms with Gasteiger partial charge in [-0.3, -0.25) is 14.2 Å². The molecule has 108 valence electrons. The lowest BCUT2D eigenvalue weighted by molar-refractivity contribution is 0.365. The monoisotopic (exact) mass is 296 g/mol. The zero-order chi connectivity index (χ0) is 13.4. The predicted molar refractivity (Wildman–Crippen MR) is 79.6 cm³/mol. The Kier molecular flexibility index (Phi) is 4.25. The minimum Gasteiger partial charge on any atom is -0.317 e. The summed E-state index contributed by atoms with van der Waals surface area (Å²) in [4.78, 5) is 28.6. The van der Waals surface area contributed by atoms with Crippen molar-refractivity contribution in [3.05, 3.63) is 39.0 Å². The number of hydrogen-bond acceptors (Lipinski definition) is 4. The highest BCUT2D eigenvalue weighted by Crippen LogP contribution is 2.19. The number of fused-ring (bicyclic) bond motifs is 1. The molecule has 1 aliphatic rings. The van der Waals surface area contributed by atoms with Crippen molar-refractivity contribution in [2.24, 2.45) is 7.05 Å². The Balaban J connectivity index is 0.00000147. The van der Waals surface area contributed by atoms with Gasteiger partial charge in [0.1, 0.15) is 0 Å². The van der Waals surface area contributed by atoms with Crippen LogP contribution >= 0.6 is 12.4 Å². The summed E-state index contributed by atoms with van der Waals surface area (Å²) in [5, 5.41) is 3.26. The maximum atomic E-state index is 12.3. The summed E-state index contributed by atoms with van der Waals surface area (Å²) in [7, 11) is 1.61. The Bertz CT molecular complexity index is 731. The SMILES string of the molecule is Cl.Cn1c(=O)c(=O)n(C2CCNCC2)c2ncccc21. The van der Waals surface area contributed by atoms with Gasteiger partial charge in [-0.1, -0.05) is 0 Å². The molecule has 1 N–H and O–H groups in total. The first kappa shape index (κ1) is 14.7. The van der Waals surface area contributed by atoms with E-state index in [2.05, 4.69) is 10.3 Å². The summed E-state index contributed by atoms with van der Waals surface area (Å²) in [5.41, 5.74) is 0.340. The number of hydrogen-bond donors (Lipinski definition) is 1. The molecular weight excluding hydrogens is 280 g/mol. The van der Waals surface area contributed by atoms with Crippen molar-refractivity contribution in [2.45, 2.75) is 18.9 Å². The molecule has 2 aromatic rings. The molecule has 0 spiro atoms. The van der Waals surface area contributed by atoms with Crippen LogP contribution in [0, 0.1) is 0 Å². The highest BCUT2D eigenvalue weighted by Gasteiger charge is 2.21. The highest BCUT2D eigenvalue weighted by molar-refractivity contribution is 5.85. The number of halogens is 1. The van der Waals surface area contributed by atoms with E-state index in [0.717, 1.165) is 25.9 Å². The molecule has 3 rings (SSSR count). The van der Waals surface area contributed by atoms with Crippen LogP contribution < -0.4 is 16.4 Å². The van der Waals surface area contributed by atoms with Gasteiger partial charge in [0, 0.05) is 19.3 Å². The van der Waals surface area contributed by atoms with E-state index in [-0.39, 0.29) is 18.4 Å². The summed E-state index contributed by atoms with van der Waals surface area (Å²) in [6, 6.07) is 3.65. The average molecular weight is 297 g/mol. The number of pyridine rings is 1. The normalized spacial score (nSPS) is 16.1. The van der Waals surface area contributed by atoms with E-state index in [9.17, 15) is 9.59 Å². The molecule has 0 bridgehead atoms. The van der Waals surface area contributed by atoms with Gasteiger partial charge in [-0.05, 0) is 38.1 Å². The zero-order valence-corrected chi connectivity index (χ0v) is 12.0. The minimum absolute atomic E-state index is 0. The van der Waals surface area contributed by atoms with E-state index in [4.69, 9.17) is 0 Å². The second-order valence-electron chi connectivity index (χ2n) is 4.87. The number of piperidine rings is 1. The Morgan fingerprint density at radius 1 is 1.25 bits per heavy atom. The topological polar surface area (TPSA) is 68.9 Å². The third-order valence-electron chi connectivity index (χ3n) is 3.74. The van der Waals surface area contributed by atoms with E-state index >= 15 is 0 Å². The molecule has 20 heavy (non-hydrogen) atoms. The third-order valence-corrected chi connectivity index (χ3v) is 3.74. The molecule has 0 unspecified atom stereocenters. The fourth-order valence-electron chi connectivity index (χ4n) is 2.69. The van der Waals surface area contributed by atoms with E-state index in [1.165, 1.54) is 4.57 Å². The van der Waals surface area contributed by atoms with Crippen molar-refractivity contribution in [1.29, 1.82) is 0 Å². The number of rotatable bonds is 1. The smallest absolute Gasteiger partial charge is 0.317 e. The van der Waals surface area contributed by atoms with Crippen molar-refractivity contribution in [1.82, 2.24) is 19.4 Å². The van der Waals surface area contributed by atoms with Crippen LogP contribution in [-0.2, 0) is 7.05 Å². The molecule has 0 radical (unpaired) electrons. The predicted octanol–water partition coefficient (Wildman–Crippen LogP) is 0.441. The summed E-state index contributed by atoms with van der Waals surface area (Å²) < 4.78 is 2.96. The number of aromatic nitrogens is 3. The first-order valence-corrected chi connectivity index (χ1v) is 6.47. The second-order valence-corrected chi connectivity index (χ2v) is 4.87. The minimum atomic E-state index is -0.487. The Hall–Kier alpha value is -1.66. The molecule has 3 heterocycles. The van der Waals surface area contributed by atoms with E-state index < -0.39 is 11.1 Å². The first-order valence-electron chi connectivity index (χ1n) is 6.47. The van der Waals surface area contributed by atoms with Gasteiger partial charge in [0.05, 0.1) is 5.52 Å². The number of aryl methyl sites for hydroxylation is 1. The summed E-state index contributed by atoms with van der Waals surface area (Å²) in [5.74, 6) is 0. The maximum Gasteiger partial charge on any atom is 0.318 e. The fraction of sp³-hybridized carbons (Fsp3) is 0.462. The van der Waals surface area contributed by atoms with Crippen molar-refractivity contribution in [3.63, 3.8) is 0 Å². The average Bonchev–Trinajstić information content (AvgIpc) is 2.46. The number of nitrogens with zero attached hydrogens (tertiary/aromatic N) is 3. The van der Waals surface area contributed by atoms with Crippen molar-refractivity contribution < 1.29 is 0 Å². The lowest BCUT2D eigenvalue weighted by atomic mass is 10.1. The molecule has 0 amide bonds. The van der Waals surface area contributed by atoms with Gasteiger partial charge in [-0.15, -0.1) is 12.4 Å². The van der Waals surface area contributed by atoms with Crippen LogP contribution in [0.25, 0.3) is 11.2 Å². The zero-order valence-electron chi connectivity index (χ0n) is 11.2. The van der Waals surface area contributed by atoms with Crippen molar-refractivity contribution in [2.75, 3.05) is 13.1 Å². The Labute approximate surface area is 121 Å². The van der Waals surface area contributed by atoms with Gasteiger partial charge in [0.15, 0.2) is 5.65 Å². The van der Waals surface area contributed by atoms with E-state index in [0.29, 0.717) is 11.2 Å². The Morgan fingerprint density at radius 3 is 2.65 bits per heavy atom. The first-order chi connectivity index (χ1) is 9.20. The van der Waals surface area contributed by atoms with Gasteiger partial charge in [0.25, 0.3) is 0 Å². The molecule has 0 atom stereocenters. The lowest BCUT2D eigenvalue weighted by Crippen LogP contribution is -2.44. The molecule has 1 aliphatic heterocycles. The maximum absolute atomic E-state index is 12.3. The van der Waals surface area contributed by atoms with Gasteiger partial charge < -0.3 is 9.88 Å². The molecule has 1 fully saturated rings. The van der Waals surface area contributed by atoms with Crippen LogP contribution in [0.5, 0.6) is 0 Å². The van der Waals surface area contributed by atoms with Crippen molar-refractivity contribution in [3.8, 4) is 0 Å². The largest absolute Gasteiger partial charge is 0.318 e. The van der Waals surface area contributed by atoms with E-state index in [1.807, 2.05) is 6.07 Å². The summed E-state index contributed by atoms with van der Waals surface area (Å²) in [6.07, 6.45) is 3.35. The molecule has 6 nitrogen and oxygen atoms in total. The molecule has 7 heteroatoms. The van der Waals surface area contributed by atoms with Gasteiger partial charge in [-0.2, -0.15) is 0 Å². The van der Waals surface area contributed by atoms with Crippen LogP contribution in [0.4, 0.5) is 0 Å². The Morgan fingerprint density at radius 2 is 1.95 bits per heavy atom. The van der Waals surface area contributed by atoms with Gasteiger partial charge in [0.2, 0.25) is 0 Å². The standard InChI is InChI=1S/C13H16N4O2.ClH/c1-16-10-3-2-6-15-11(10)17(13(19)12(16)18)9-4-7-14-8-5-9;/h2-3,6,9,14H,4-5,7-8H2,1H3;1H. The van der Waals surface area contributed by atoms with Crippen LogP contribution in [0.15, 0.2) is 27.9 Å². The van der Waals surface area contributed by atoms with Crippen LogP contribution in [-0.4, -0.2) is 27.2 Å². The van der Waals surface area contributed by atoms with Crippen LogP contribution in [0.3, 0.4) is 0 Å². The third kappa shape index (κ3) is 2.25. The second kappa shape index (κ2) is 5.76. The highest BCUT2D eigenvalue weighted by atomic mass is 35.5. The van der Waals surface area contributed by atoms with Gasteiger partial charge >= 0.3 is 11.1 Å². The van der Waals surface area contributed by atoms with Gasteiger partial charge in [-0.25, -0.2) is 4.98 Å². The number of nitrogens with one attached hydrogen (secondary N) is 1. The molecular formula is C13H17ClN4O2. The van der Waals surface area contributed by atoms with Crippen LogP contribution in [0.2, 0.25) is 0 Å². The molecule has 0 saturated carbocycles. The quantitative estimate of drug-likeness (QED) is 0.776. The fourth-order valence-corrected chi connectivity index (χ4v) is 2.69. The van der Waals surface area contributed by atoms with Crippen molar-refractivity contribution >= 4 is 23.6 Å². The van der Waals surface area contributed by atoms with Crippen LogP contribution in [0.1, 0.15) is 18.9 Å². The van der Waals surface area contributed by atoms with E-state index in [1.54, 1.807) is 23.9 Å². The lowest BCUT2D eigenvalue weighted by Gasteiger charge is -2.25. The molecule has 2 aromatic heterocycles. The summed E-state index contributed by atoms with van der Waals surface area (Å²) in [6.45, 7) is 1.72.